The van der Waals surface area contributed by atoms with Gasteiger partial charge in [0.2, 0.25) is 0 Å². The maximum absolute atomic E-state index is 12.8. The van der Waals surface area contributed by atoms with Crippen molar-refractivity contribution in [3.8, 4) is 5.75 Å². The summed E-state index contributed by atoms with van der Waals surface area (Å²) >= 11 is 13.4. The number of aromatic nitrogens is 1. The van der Waals surface area contributed by atoms with Crippen LogP contribution < -0.4 is 4.74 Å². The van der Waals surface area contributed by atoms with Crippen molar-refractivity contribution in [3.63, 3.8) is 0 Å². The van der Waals surface area contributed by atoms with Crippen LogP contribution in [0.15, 0.2) is 41.9 Å². The normalized spacial score (nSPS) is 15.0. The average molecular weight is 464 g/mol. The zero-order valence-corrected chi connectivity index (χ0v) is 18.7. The number of rotatable bonds is 5. The number of pyridine rings is 1. The van der Waals surface area contributed by atoms with Crippen LogP contribution in [0.4, 0.5) is 0 Å². The predicted octanol–water partition coefficient (Wildman–Crippen LogP) is 4.35. The fraction of sp³-hybridized carbons (Fsp3) is 0.286. The molecular weight excluding hydrogens is 445 g/mol. The van der Waals surface area contributed by atoms with Crippen LogP contribution in [0.25, 0.3) is 10.1 Å². The Morgan fingerprint density at radius 1 is 1.23 bits per heavy atom. The van der Waals surface area contributed by atoms with Gasteiger partial charge in [-0.1, -0.05) is 23.2 Å². The molecule has 1 aliphatic heterocycles. The topological polar surface area (TPSA) is 62.7 Å². The van der Waals surface area contributed by atoms with E-state index >= 15 is 0 Å². The minimum Gasteiger partial charge on any atom is -0.481 e. The lowest BCUT2D eigenvalue weighted by molar-refractivity contribution is -0.141. The van der Waals surface area contributed by atoms with Crippen LogP contribution in [0.2, 0.25) is 10.0 Å². The van der Waals surface area contributed by atoms with E-state index in [1.807, 2.05) is 17.5 Å². The molecule has 2 amide bonds. The Balaban J connectivity index is 1.35. The third-order valence-electron chi connectivity index (χ3n) is 5.17. The summed E-state index contributed by atoms with van der Waals surface area (Å²) in [5, 5.41) is 3.75. The lowest BCUT2D eigenvalue weighted by Crippen LogP contribution is -2.62. The molecule has 156 valence electrons. The van der Waals surface area contributed by atoms with Crippen LogP contribution in [-0.4, -0.2) is 58.9 Å². The van der Waals surface area contributed by atoms with Crippen LogP contribution in [0.3, 0.4) is 0 Å². The molecule has 1 aromatic carbocycles. The van der Waals surface area contributed by atoms with Gasteiger partial charge in [0.15, 0.2) is 6.10 Å². The van der Waals surface area contributed by atoms with Crippen molar-refractivity contribution in [2.24, 2.45) is 0 Å². The predicted molar refractivity (Wildman–Crippen MR) is 119 cm³/mol. The molecule has 1 saturated heterocycles. The Bertz CT molecular complexity index is 1110. The van der Waals surface area contributed by atoms with Crippen LogP contribution in [0, 0.1) is 0 Å². The minimum atomic E-state index is -0.696. The van der Waals surface area contributed by atoms with Gasteiger partial charge in [-0.3, -0.25) is 9.59 Å². The second kappa shape index (κ2) is 8.41. The Labute approximate surface area is 188 Å². The summed E-state index contributed by atoms with van der Waals surface area (Å²) in [6.07, 6.45) is 0.954. The fourth-order valence-electron chi connectivity index (χ4n) is 3.33. The van der Waals surface area contributed by atoms with Gasteiger partial charge in [0.1, 0.15) is 11.4 Å². The number of thiophene rings is 1. The fourth-order valence-corrected chi connectivity index (χ4v) is 4.50. The Morgan fingerprint density at radius 2 is 2.00 bits per heavy atom. The van der Waals surface area contributed by atoms with Gasteiger partial charge in [-0.2, -0.15) is 0 Å². The summed E-state index contributed by atoms with van der Waals surface area (Å²) < 4.78 is 6.60. The number of amides is 2. The van der Waals surface area contributed by atoms with Crippen molar-refractivity contribution in [2.75, 3.05) is 20.1 Å². The highest BCUT2D eigenvalue weighted by molar-refractivity contribution is 7.17. The van der Waals surface area contributed by atoms with E-state index in [0.29, 0.717) is 34.6 Å². The summed E-state index contributed by atoms with van der Waals surface area (Å²) in [5.74, 6) is 0.191. The number of nitrogens with zero attached hydrogens (tertiary/aromatic N) is 3. The number of halogens is 2. The number of carbonyl (C=O) groups excluding carboxylic acids is 2. The van der Waals surface area contributed by atoms with Crippen molar-refractivity contribution in [1.82, 2.24) is 14.8 Å². The van der Waals surface area contributed by atoms with Gasteiger partial charge in [-0.15, -0.1) is 11.3 Å². The van der Waals surface area contributed by atoms with E-state index in [1.165, 1.54) is 11.3 Å². The van der Waals surface area contributed by atoms with Crippen LogP contribution in [0.1, 0.15) is 17.4 Å². The number of ether oxygens (including phenoxy) is 1. The summed E-state index contributed by atoms with van der Waals surface area (Å²) in [6.45, 7) is 2.61. The van der Waals surface area contributed by atoms with Crippen LogP contribution in [-0.2, 0) is 4.79 Å². The second-order valence-corrected chi connectivity index (χ2v) is 8.88. The van der Waals surface area contributed by atoms with Crippen molar-refractivity contribution in [2.45, 2.75) is 19.1 Å². The molecule has 0 radical (unpaired) electrons. The Kier molecular flexibility index (Phi) is 5.86. The zero-order valence-electron chi connectivity index (χ0n) is 16.3. The highest BCUT2D eigenvalue weighted by atomic mass is 35.5. The number of carbonyl (C=O) groups is 2. The lowest BCUT2D eigenvalue weighted by Gasteiger charge is -2.44. The van der Waals surface area contributed by atoms with Gasteiger partial charge in [0.05, 0.1) is 20.8 Å². The smallest absolute Gasteiger partial charge is 0.274 e. The first kappa shape index (κ1) is 20.9. The van der Waals surface area contributed by atoms with Gasteiger partial charge in [0, 0.05) is 32.4 Å². The first-order valence-electron chi connectivity index (χ1n) is 9.35. The molecule has 1 fully saturated rings. The standard InChI is InChI=1S/C21H19Cl2N3O3S/c1-12(29-15-3-4-16(22)17(23)9-15)20(27)25(2)14-10-26(11-14)21(28)18-19-13(5-7-24-18)6-8-30-19/h3-9,12,14H,10-11H2,1-2H3. The zero-order chi connectivity index (χ0) is 21.4. The van der Waals surface area contributed by atoms with Gasteiger partial charge >= 0.3 is 0 Å². The van der Waals surface area contributed by atoms with Crippen molar-refractivity contribution in [1.29, 1.82) is 0 Å². The van der Waals surface area contributed by atoms with E-state index in [-0.39, 0.29) is 17.9 Å². The molecule has 0 N–H and O–H groups in total. The van der Waals surface area contributed by atoms with E-state index in [0.717, 1.165) is 10.1 Å². The molecule has 0 aliphatic carbocycles. The number of hydrogen-bond acceptors (Lipinski definition) is 5. The van der Waals surface area contributed by atoms with E-state index in [2.05, 4.69) is 4.98 Å². The molecule has 2 aromatic heterocycles. The highest BCUT2D eigenvalue weighted by Crippen LogP contribution is 2.28. The van der Waals surface area contributed by atoms with Crippen molar-refractivity contribution < 1.29 is 14.3 Å². The van der Waals surface area contributed by atoms with Gasteiger partial charge in [0.25, 0.3) is 11.8 Å². The van der Waals surface area contributed by atoms with Crippen LogP contribution >= 0.6 is 34.5 Å². The van der Waals surface area contributed by atoms with Gasteiger partial charge in [-0.25, -0.2) is 4.98 Å². The summed E-state index contributed by atoms with van der Waals surface area (Å²) in [6, 6.07) is 8.67. The minimum absolute atomic E-state index is 0.0659. The molecule has 1 atom stereocenters. The Hall–Kier alpha value is -2.35. The van der Waals surface area contributed by atoms with E-state index in [4.69, 9.17) is 27.9 Å². The number of benzene rings is 1. The number of hydrogen-bond donors (Lipinski definition) is 0. The van der Waals surface area contributed by atoms with Gasteiger partial charge < -0.3 is 14.5 Å². The quantitative estimate of drug-likeness (QED) is 0.563. The van der Waals surface area contributed by atoms with Crippen molar-refractivity contribution in [3.05, 3.63) is 57.6 Å². The third kappa shape index (κ3) is 3.97. The first-order valence-corrected chi connectivity index (χ1v) is 11.0. The van der Waals surface area contributed by atoms with Crippen LogP contribution in [0.5, 0.6) is 5.75 Å². The molecule has 1 unspecified atom stereocenters. The van der Waals surface area contributed by atoms with Gasteiger partial charge in [-0.05, 0) is 42.0 Å². The number of likely N-dealkylation sites (tertiary alicyclic amines) is 1. The maximum Gasteiger partial charge on any atom is 0.274 e. The second-order valence-electron chi connectivity index (χ2n) is 7.15. The van der Waals surface area contributed by atoms with Crippen molar-refractivity contribution >= 4 is 56.4 Å². The summed E-state index contributed by atoms with van der Waals surface area (Å²) in [7, 11) is 1.72. The molecule has 0 bridgehead atoms. The molecule has 6 nitrogen and oxygen atoms in total. The number of likely N-dealkylation sites (N-methyl/N-ethyl adjacent to an activating group) is 1. The summed E-state index contributed by atoms with van der Waals surface area (Å²) in [4.78, 5) is 33.2. The molecule has 4 rings (SSSR count). The SMILES string of the molecule is CC(Oc1ccc(Cl)c(Cl)c1)C(=O)N(C)C1CN(C(=O)c2nccc3ccsc23)C1. The monoisotopic (exact) mass is 463 g/mol. The molecule has 9 heteroatoms. The van der Waals surface area contributed by atoms with E-state index in [1.54, 1.807) is 48.2 Å². The maximum atomic E-state index is 12.8. The molecule has 1 aliphatic rings. The molecule has 0 spiro atoms. The molecule has 3 heterocycles. The third-order valence-corrected chi connectivity index (χ3v) is 6.84. The number of fused-ring (bicyclic) bond motifs is 1. The molecule has 30 heavy (non-hydrogen) atoms. The Morgan fingerprint density at radius 3 is 2.73 bits per heavy atom. The van der Waals surface area contributed by atoms with E-state index in [9.17, 15) is 9.59 Å². The average Bonchev–Trinajstić information content (AvgIpc) is 3.17. The largest absolute Gasteiger partial charge is 0.481 e. The molecular formula is C21H19Cl2N3O3S. The highest BCUT2D eigenvalue weighted by Gasteiger charge is 2.38. The molecule has 3 aromatic rings. The first-order chi connectivity index (χ1) is 14.3. The lowest BCUT2D eigenvalue weighted by atomic mass is 10.1. The van der Waals surface area contributed by atoms with E-state index < -0.39 is 6.10 Å². The summed E-state index contributed by atoms with van der Waals surface area (Å²) in [5.41, 5.74) is 0.464. The molecule has 0 saturated carbocycles.